The Morgan fingerprint density at radius 1 is 0.867 bits per heavy atom. The Morgan fingerprint density at radius 2 is 1.50 bits per heavy atom. The molecule has 0 aromatic heterocycles. The summed E-state index contributed by atoms with van der Waals surface area (Å²) in [7, 11) is 0. The fourth-order valence-corrected chi connectivity index (χ4v) is 4.29. The van der Waals surface area contributed by atoms with Crippen LogP contribution in [-0.4, -0.2) is 17.4 Å². The van der Waals surface area contributed by atoms with Crippen LogP contribution in [0.5, 0.6) is 0 Å². The van der Waals surface area contributed by atoms with Crippen molar-refractivity contribution in [2.24, 2.45) is 0 Å². The number of fused-ring (bicyclic) bond motifs is 3. The Labute approximate surface area is 174 Å². The van der Waals surface area contributed by atoms with Gasteiger partial charge in [0.15, 0.2) is 5.60 Å². The molecule has 0 unspecified atom stereocenters. The van der Waals surface area contributed by atoms with E-state index in [9.17, 15) is 9.59 Å². The zero-order chi connectivity index (χ0) is 21.0. The summed E-state index contributed by atoms with van der Waals surface area (Å²) in [6, 6.07) is 21.4. The minimum atomic E-state index is -1.11. The molecular weight excluding hydrogens is 372 g/mol. The zero-order valence-corrected chi connectivity index (χ0v) is 16.7. The molecule has 5 rings (SSSR count). The number of ketones is 1. The van der Waals surface area contributed by atoms with Gasteiger partial charge in [0, 0.05) is 16.7 Å². The maximum atomic E-state index is 13.6. The molecule has 2 aliphatic rings. The highest BCUT2D eigenvalue weighted by Gasteiger charge is 2.43. The topological polar surface area (TPSA) is 43.4 Å². The van der Waals surface area contributed by atoms with E-state index in [1.54, 1.807) is 13.8 Å². The number of carbonyl (C=O) groups excluding carboxylic acids is 2. The fraction of sp³-hybridized carbons (Fsp3) is 0.111. The van der Waals surface area contributed by atoms with Crippen LogP contribution in [0.4, 0.5) is 0 Å². The van der Waals surface area contributed by atoms with Crippen molar-refractivity contribution in [3.63, 3.8) is 0 Å². The van der Waals surface area contributed by atoms with E-state index in [1.165, 1.54) is 0 Å². The number of hydrogen-bond acceptors (Lipinski definition) is 3. The van der Waals surface area contributed by atoms with Crippen LogP contribution in [0, 0.1) is 12.3 Å². The minimum Gasteiger partial charge on any atom is -0.443 e. The molecule has 0 bridgehead atoms. The van der Waals surface area contributed by atoms with Crippen LogP contribution in [0.1, 0.15) is 30.5 Å². The van der Waals surface area contributed by atoms with Crippen LogP contribution in [0.25, 0.3) is 27.5 Å². The molecular formula is C27H18O3. The largest absolute Gasteiger partial charge is 0.443 e. The molecule has 0 amide bonds. The molecule has 2 aliphatic carbocycles. The molecule has 3 aromatic carbocycles. The number of ether oxygens (including phenoxy) is 1. The van der Waals surface area contributed by atoms with Crippen molar-refractivity contribution in [3.05, 3.63) is 89.0 Å². The minimum absolute atomic E-state index is 0.0517. The van der Waals surface area contributed by atoms with E-state index in [1.807, 2.05) is 66.7 Å². The molecule has 30 heavy (non-hydrogen) atoms. The summed E-state index contributed by atoms with van der Waals surface area (Å²) in [4.78, 5) is 26.8. The van der Waals surface area contributed by atoms with Crippen LogP contribution < -0.4 is 0 Å². The number of terminal acetylenes is 1. The lowest BCUT2D eigenvalue weighted by Crippen LogP contribution is -2.28. The predicted molar refractivity (Wildman–Crippen MR) is 118 cm³/mol. The highest BCUT2D eigenvalue weighted by atomic mass is 16.6. The molecule has 3 aromatic rings. The number of rotatable bonds is 3. The average Bonchev–Trinajstić information content (AvgIpc) is 3.22. The first-order valence-electron chi connectivity index (χ1n) is 9.75. The number of esters is 1. The number of Topliss-reactive ketones (excluding diaryl/α,β-unsaturated/α-hetero) is 1. The van der Waals surface area contributed by atoms with Gasteiger partial charge in [-0.15, -0.1) is 6.42 Å². The standard InChI is InChI=1S/C27H18O3/c1-4-27(2,3)30-26(29)24-23-19-15-9-13-16-12-8-14-18(20(16)19)22(23)21(25(24)28)17-10-6-5-7-11-17/h1,5-15H,2-3H3. The van der Waals surface area contributed by atoms with E-state index in [-0.39, 0.29) is 11.4 Å². The first-order valence-corrected chi connectivity index (χ1v) is 9.75. The Bertz CT molecular complexity index is 1360. The van der Waals surface area contributed by atoms with Crippen molar-refractivity contribution in [2.45, 2.75) is 19.4 Å². The van der Waals surface area contributed by atoms with Gasteiger partial charge in [0.1, 0.15) is 5.57 Å². The van der Waals surface area contributed by atoms with E-state index in [0.717, 1.165) is 33.0 Å². The van der Waals surface area contributed by atoms with Gasteiger partial charge in [-0.3, -0.25) is 4.79 Å². The molecule has 3 nitrogen and oxygen atoms in total. The van der Waals surface area contributed by atoms with Gasteiger partial charge < -0.3 is 4.74 Å². The predicted octanol–water partition coefficient (Wildman–Crippen LogP) is 5.06. The summed E-state index contributed by atoms with van der Waals surface area (Å²) < 4.78 is 5.55. The Balaban J connectivity index is 1.82. The SMILES string of the molecule is C#CC(C)(C)OC(=O)C1=C2C(=C(c3ccccc3)C1=O)c1cccc3cccc2c13. The molecule has 3 heteroatoms. The molecule has 0 saturated heterocycles. The second kappa shape index (κ2) is 6.30. The lowest BCUT2D eigenvalue weighted by atomic mass is 9.95. The van der Waals surface area contributed by atoms with Gasteiger partial charge in [0.2, 0.25) is 5.78 Å². The van der Waals surface area contributed by atoms with E-state index >= 15 is 0 Å². The summed E-state index contributed by atoms with van der Waals surface area (Å²) in [5.41, 5.74) is 3.52. The first kappa shape index (κ1) is 18.1. The van der Waals surface area contributed by atoms with E-state index < -0.39 is 11.6 Å². The molecule has 0 fully saturated rings. The van der Waals surface area contributed by atoms with Crippen molar-refractivity contribution in [1.82, 2.24) is 0 Å². The molecule has 0 spiro atoms. The van der Waals surface area contributed by atoms with Gasteiger partial charge in [-0.05, 0) is 41.3 Å². The third-order valence-corrected chi connectivity index (χ3v) is 5.61. The number of hydrogen-bond donors (Lipinski definition) is 0. The van der Waals surface area contributed by atoms with Gasteiger partial charge in [-0.25, -0.2) is 4.79 Å². The van der Waals surface area contributed by atoms with Gasteiger partial charge in [-0.2, -0.15) is 0 Å². The third kappa shape index (κ3) is 2.47. The highest BCUT2D eigenvalue weighted by Crippen LogP contribution is 2.54. The second-order valence-corrected chi connectivity index (χ2v) is 7.95. The Hall–Kier alpha value is -3.90. The molecule has 144 valence electrons. The molecule has 0 radical (unpaired) electrons. The van der Waals surface area contributed by atoms with Crippen LogP contribution >= 0.6 is 0 Å². The third-order valence-electron chi connectivity index (χ3n) is 5.61. The quantitative estimate of drug-likeness (QED) is 0.357. The maximum Gasteiger partial charge on any atom is 0.344 e. The monoisotopic (exact) mass is 390 g/mol. The number of benzene rings is 3. The Morgan fingerprint density at radius 3 is 2.13 bits per heavy atom. The van der Waals surface area contributed by atoms with E-state index in [0.29, 0.717) is 11.1 Å². The number of allylic oxidation sites excluding steroid dienone is 3. The van der Waals surface area contributed by atoms with Crippen molar-refractivity contribution < 1.29 is 14.3 Å². The average molecular weight is 390 g/mol. The van der Waals surface area contributed by atoms with Gasteiger partial charge in [0.25, 0.3) is 0 Å². The van der Waals surface area contributed by atoms with E-state index in [2.05, 4.69) is 5.92 Å². The van der Waals surface area contributed by atoms with Gasteiger partial charge in [-0.1, -0.05) is 72.7 Å². The lowest BCUT2D eigenvalue weighted by Gasteiger charge is -2.19. The molecule has 0 atom stereocenters. The van der Waals surface area contributed by atoms with Crippen LogP contribution in [-0.2, 0) is 14.3 Å². The van der Waals surface area contributed by atoms with Crippen molar-refractivity contribution in [3.8, 4) is 12.3 Å². The normalized spacial score (nSPS) is 14.9. The summed E-state index contributed by atoms with van der Waals surface area (Å²) in [5.74, 6) is 1.45. The van der Waals surface area contributed by atoms with Crippen molar-refractivity contribution in [2.75, 3.05) is 0 Å². The molecule has 0 saturated carbocycles. The fourth-order valence-electron chi connectivity index (χ4n) is 4.29. The molecule has 0 heterocycles. The van der Waals surface area contributed by atoms with Crippen LogP contribution in [0.2, 0.25) is 0 Å². The highest BCUT2D eigenvalue weighted by molar-refractivity contribution is 6.55. The smallest absolute Gasteiger partial charge is 0.344 e. The summed E-state index contributed by atoms with van der Waals surface area (Å²) in [5, 5.41) is 2.11. The molecule has 0 N–H and O–H groups in total. The maximum absolute atomic E-state index is 13.6. The van der Waals surface area contributed by atoms with Gasteiger partial charge in [0.05, 0.1) is 0 Å². The summed E-state index contributed by atoms with van der Waals surface area (Å²) >= 11 is 0. The van der Waals surface area contributed by atoms with E-state index in [4.69, 9.17) is 11.2 Å². The molecule has 0 aliphatic heterocycles. The van der Waals surface area contributed by atoms with Gasteiger partial charge >= 0.3 is 5.97 Å². The van der Waals surface area contributed by atoms with Crippen LogP contribution in [0.3, 0.4) is 0 Å². The van der Waals surface area contributed by atoms with Crippen molar-refractivity contribution in [1.29, 1.82) is 0 Å². The summed E-state index contributed by atoms with van der Waals surface area (Å²) in [6.07, 6.45) is 5.51. The summed E-state index contributed by atoms with van der Waals surface area (Å²) in [6.45, 7) is 3.26. The first-order chi connectivity index (χ1) is 14.4. The Kier molecular flexibility index (Phi) is 3.81. The zero-order valence-electron chi connectivity index (χ0n) is 16.7. The van der Waals surface area contributed by atoms with Crippen molar-refractivity contribution >= 4 is 39.2 Å². The lowest BCUT2D eigenvalue weighted by molar-refractivity contribution is -0.147. The number of carbonyl (C=O) groups is 2. The second-order valence-electron chi connectivity index (χ2n) is 7.95. The van der Waals surface area contributed by atoms with Crippen LogP contribution in [0.15, 0.2) is 72.3 Å².